The maximum Gasteiger partial charge on any atom is 0.236 e. The Morgan fingerprint density at radius 3 is 1.94 bits per heavy atom. The van der Waals surface area contributed by atoms with Crippen molar-refractivity contribution < 1.29 is 4.42 Å². The third-order valence-corrected chi connectivity index (χ3v) is 11.4. The summed E-state index contributed by atoms with van der Waals surface area (Å²) >= 11 is 0. The van der Waals surface area contributed by atoms with E-state index in [0.717, 1.165) is 44.2 Å². The number of furan rings is 1. The second-order valence-electron chi connectivity index (χ2n) is 14.2. The van der Waals surface area contributed by atoms with Crippen LogP contribution < -0.4 is 0 Å². The van der Waals surface area contributed by atoms with Gasteiger partial charge in [0.25, 0.3) is 0 Å². The van der Waals surface area contributed by atoms with E-state index in [1.165, 1.54) is 65.0 Å². The molecule has 0 bridgehead atoms. The minimum atomic E-state index is 0.617. The van der Waals surface area contributed by atoms with Crippen molar-refractivity contribution in [3.05, 3.63) is 158 Å². The molecule has 5 heterocycles. The third kappa shape index (κ3) is 3.51. The molecular formula is C48H26N4O. The van der Waals surface area contributed by atoms with Crippen molar-refractivity contribution >= 4 is 104 Å². The van der Waals surface area contributed by atoms with E-state index >= 15 is 0 Å². The molecule has 244 valence electrons. The lowest BCUT2D eigenvalue weighted by molar-refractivity contribution is 0.666. The molecule has 53 heavy (non-hydrogen) atoms. The Labute approximate surface area is 300 Å². The fraction of sp³-hybridized carbons (Fsp3) is 0. The molecule has 0 amide bonds. The van der Waals surface area contributed by atoms with Crippen molar-refractivity contribution in [2.75, 3.05) is 0 Å². The summed E-state index contributed by atoms with van der Waals surface area (Å²) in [5.74, 6) is 0.617. The average molecular weight is 675 g/mol. The molecule has 8 aromatic carbocycles. The highest BCUT2D eigenvalue weighted by Gasteiger charge is 2.26. The summed E-state index contributed by atoms with van der Waals surface area (Å²) in [6.07, 6.45) is 0. The largest absolute Gasteiger partial charge is 0.452 e. The van der Waals surface area contributed by atoms with Gasteiger partial charge in [0.2, 0.25) is 5.95 Å². The number of fused-ring (bicyclic) bond motifs is 15. The molecule has 0 spiro atoms. The lowest BCUT2D eigenvalue weighted by atomic mass is 10.0. The van der Waals surface area contributed by atoms with E-state index in [1.54, 1.807) is 0 Å². The Hall–Kier alpha value is -7.24. The number of hydrogen-bond donors (Lipinski definition) is 0. The van der Waals surface area contributed by atoms with Gasteiger partial charge in [0.15, 0.2) is 5.58 Å². The van der Waals surface area contributed by atoms with Gasteiger partial charge in [0.1, 0.15) is 16.8 Å². The number of rotatable bonds is 2. The normalized spacial score (nSPS) is 12.5. The minimum Gasteiger partial charge on any atom is -0.452 e. The predicted octanol–water partition coefficient (Wildman–Crippen LogP) is 12.6. The first-order valence-electron chi connectivity index (χ1n) is 18.0. The van der Waals surface area contributed by atoms with Gasteiger partial charge in [-0.1, -0.05) is 109 Å². The molecule has 5 heteroatoms. The molecule has 0 saturated heterocycles. The van der Waals surface area contributed by atoms with Gasteiger partial charge in [-0.2, -0.15) is 0 Å². The maximum absolute atomic E-state index is 6.58. The van der Waals surface area contributed by atoms with Crippen LogP contribution in [0.5, 0.6) is 0 Å². The Balaban J connectivity index is 1.24. The third-order valence-electron chi connectivity index (χ3n) is 11.4. The number of para-hydroxylation sites is 3. The molecule has 0 saturated carbocycles. The molecule has 13 rings (SSSR count). The van der Waals surface area contributed by atoms with Crippen LogP contribution in [0.4, 0.5) is 0 Å². The first kappa shape index (κ1) is 27.5. The topological polar surface area (TPSA) is 48.3 Å². The van der Waals surface area contributed by atoms with E-state index in [1.807, 2.05) is 18.2 Å². The quantitative estimate of drug-likeness (QED) is 0.183. The van der Waals surface area contributed by atoms with Crippen LogP contribution in [0, 0.1) is 0 Å². The Morgan fingerprint density at radius 2 is 1.09 bits per heavy atom. The molecule has 5 aromatic heterocycles. The second-order valence-corrected chi connectivity index (χ2v) is 14.2. The van der Waals surface area contributed by atoms with Crippen LogP contribution in [-0.2, 0) is 0 Å². The van der Waals surface area contributed by atoms with Crippen LogP contribution in [0.25, 0.3) is 121 Å². The summed E-state index contributed by atoms with van der Waals surface area (Å²) < 4.78 is 11.4. The zero-order chi connectivity index (χ0) is 34.4. The van der Waals surface area contributed by atoms with Crippen LogP contribution >= 0.6 is 0 Å². The first-order valence-corrected chi connectivity index (χ1v) is 18.0. The minimum absolute atomic E-state index is 0.617. The molecule has 0 N–H and O–H groups in total. The highest BCUT2D eigenvalue weighted by Crippen LogP contribution is 2.47. The number of benzene rings is 8. The second kappa shape index (κ2) is 9.75. The van der Waals surface area contributed by atoms with Crippen LogP contribution in [0.3, 0.4) is 0 Å². The summed E-state index contributed by atoms with van der Waals surface area (Å²) in [6.45, 7) is 0. The lowest BCUT2D eigenvalue weighted by Gasteiger charge is -2.11. The Bertz CT molecular complexity index is 3700. The fourth-order valence-corrected chi connectivity index (χ4v) is 9.11. The smallest absolute Gasteiger partial charge is 0.236 e. The van der Waals surface area contributed by atoms with Crippen LogP contribution in [0.2, 0.25) is 0 Å². The monoisotopic (exact) mass is 674 g/mol. The molecule has 0 fully saturated rings. The van der Waals surface area contributed by atoms with Crippen LogP contribution in [-0.4, -0.2) is 18.9 Å². The number of nitrogens with zero attached hydrogens (tertiary/aromatic N) is 4. The van der Waals surface area contributed by atoms with E-state index in [-0.39, 0.29) is 0 Å². The van der Waals surface area contributed by atoms with Crippen molar-refractivity contribution in [1.29, 1.82) is 0 Å². The Kier molecular flexibility index (Phi) is 5.06. The fourth-order valence-electron chi connectivity index (χ4n) is 9.11. The summed E-state index contributed by atoms with van der Waals surface area (Å²) in [4.78, 5) is 10.9. The summed E-state index contributed by atoms with van der Waals surface area (Å²) in [5.41, 5.74) is 9.85. The SMILES string of the molecule is c1ccc2cc(-c3nc(-n4c5ccccc5c5cc6c7cc8ccccc8cc7n7c8ccccc8c(c54)c67)nc4c3oc3ccccc34)ccc2c1. The number of aromatic nitrogens is 4. The van der Waals surface area contributed by atoms with Gasteiger partial charge in [0, 0.05) is 43.3 Å². The van der Waals surface area contributed by atoms with Crippen molar-refractivity contribution in [2.24, 2.45) is 0 Å². The predicted molar refractivity (Wildman–Crippen MR) is 219 cm³/mol. The summed E-state index contributed by atoms with van der Waals surface area (Å²) in [6, 6.07) is 56.4. The van der Waals surface area contributed by atoms with Gasteiger partial charge in [-0.3, -0.25) is 4.57 Å². The molecule has 0 aliphatic rings. The van der Waals surface area contributed by atoms with E-state index in [2.05, 4.69) is 148 Å². The van der Waals surface area contributed by atoms with Crippen LogP contribution in [0.15, 0.2) is 162 Å². The maximum atomic E-state index is 6.58. The standard InChI is InChI=1S/C48H26N4O/c1-2-12-28-23-31(22-21-27(28)11-1)43-47-44(34-17-7-10-20-41(34)53-47)50-48(49-43)52-38-18-8-5-15-32(38)36-26-37-35-24-29-13-3-4-14-30(29)25-40(35)51-39-19-9-6-16-33(39)42(45(37)51)46(36)52/h1-26H. The molecule has 0 unspecified atom stereocenters. The molecule has 0 aliphatic heterocycles. The molecule has 0 radical (unpaired) electrons. The average Bonchev–Trinajstić information content (AvgIpc) is 3.95. The zero-order valence-corrected chi connectivity index (χ0v) is 28.2. The lowest BCUT2D eigenvalue weighted by Crippen LogP contribution is -2.03. The van der Waals surface area contributed by atoms with Crippen molar-refractivity contribution in [3.8, 4) is 17.2 Å². The van der Waals surface area contributed by atoms with Gasteiger partial charge in [-0.25, -0.2) is 9.97 Å². The van der Waals surface area contributed by atoms with Gasteiger partial charge >= 0.3 is 0 Å². The highest BCUT2D eigenvalue weighted by atomic mass is 16.3. The number of hydrogen-bond acceptors (Lipinski definition) is 3. The van der Waals surface area contributed by atoms with Gasteiger partial charge in [0.05, 0.1) is 27.6 Å². The summed E-state index contributed by atoms with van der Waals surface area (Å²) in [7, 11) is 0. The summed E-state index contributed by atoms with van der Waals surface area (Å²) in [5, 5.41) is 13.1. The molecular weight excluding hydrogens is 649 g/mol. The zero-order valence-electron chi connectivity index (χ0n) is 28.2. The molecule has 0 aliphatic carbocycles. The molecule has 5 nitrogen and oxygen atoms in total. The first-order chi connectivity index (χ1) is 26.3. The van der Waals surface area contributed by atoms with Gasteiger partial charge < -0.3 is 8.82 Å². The van der Waals surface area contributed by atoms with Gasteiger partial charge in [-0.15, -0.1) is 0 Å². The molecule has 0 atom stereocenters. The van der Waals surface area contributed by atoms with Gasteiger partial charge in [-0.05, 0) is 70.1 Å². The van der Waals surface area contributed by atoms with E-state index in [9.17, 15) is 0 Å². The molecule has 13 aromatic rings. The van der Waals surface area contributed by atoms with E-state index in [0.29, 0.717) is 11.5 Å². The van der Waals surface area contributed by atoms with Crippen molar-refractivity contribution in [2.45, 2.75) is 0 Å². The van der Waals surface area contributed by atoms with Crippen molar-refractivity contribution in [3.63, 3.8) is 0 Å². The van der Waals surface area contributed by atoms with Crippen molar-refractivity contribution in [1.82, 2.24) is 18.9 Å². The Morgan fingerprint density at radius 1 is 0.434 bits per heavy atom. The highest BCUT2D eigenvalue weighted by molar-refractivity contribution is 6.34. The van der Waals surface area contributed by atoms with Crippen LogP contribution in [0.1, 0.15) is 0 Å². The van der Waals surface area contributed by atoms with E-state index in [4.69, 9.17) is 14.4 Å². The van der Waals surface area contributed by atoms with E-state index < -0.39 is 0 Å².